The molecule has 1 aromatic carbocycles. The van der Waals surface area contributed by atoms with E-state index in [0.717, 1.165) is 56.0 Å². The molecule has 2 aliphatic rings. The monoisotopic (exact) mass is 556 g/mol. The average Bonchev–Trinajstić information content (AvgIpc) is 2.98. The Hall–Kier alpha value is -2.44. The van der Waals surface area contributed by atoms with Crippen LogP contribution < -0.4 is 10.2 Å². The molecule has 5 nitrogen and oxygen atoms in total. The summed E-state index contributed by atoms with van der Waals surface area (Å²) in [4.78, 5) is 10.2. The van der Waals surface area contributed by atoms with Gasteiger partial charge in [-0.1, -0.05) is 72.6 Å². The molecule has 6 heteroatoms. The zero-order valence-corrected chi connectivity index (χ0v) is 26.5. The first-order valence-electron chi connectivity index (χ1n) is 15.5. The van der Waals surface area contributed by atoms with Gasteiger partial charge in [-0.2, -0.15) is 0 Å². The lowest BCUT2D eigenvalue weighted by Gasteiger charge is -2.46. The highest BCUT2D eigenvalue weighted by Gasteiger charge is 2.32. The molecule has 4 rings (SSSR count). The van der Waals surface area contributed by atoms with E-state index in [1.807, 2.05) is 39.8 Å². The zero-order chi connectivity index (χ0) is 29.9. The highest BCUT2D eigenvalue weighted by Crippen LogP contribution is 2.29. The maximum Gasteiger partial charge on any atom is 0.131 e. The number of aliphatic hydroxyl groups excluding tert-OH is 1. The molecule has 226 valence electrons. The standard InChI is InChI=1S/C21H36N4.C9H11F.C2H4O.C2H6/c1-4-19-16-24(11-12-25(19)20-9-7-6-8-10-20)21-17(3)13-18(15-23-21)14-22-5-2;1-3-8-5-4-7(2)6-9(8)10;1-2-3;1-2/h13,15,19-20,22H,4-12,14,16H2,1-3H3;4-6H,3H2,1-2H3;2-3H,1H2;1-2H3. The first kappa shape index (κ1) is 35.6. The van der Waals surface area contributed by atoms with Crippen molar-refractivity contribution in [2.75, 3.05) is 31.1 Å². The Morgan fingerprint density at radius 3 is 2.30 bits per heavy atom. The van der Waals surface area contributed by atoms with Crippen molar-refractivity contribution in [3.05, 3.63) is 71.4 Å². The van der Waals surface area contributed by atoms with E-state index in [1.165, 1.54) is 62.0 Å². The van der Waals surface area contributed by atoms with Crippen LogP contribution in [0.3, 0.4) is 0 Å². The second-order valence-electron chi connectivity index (χ2n) is 10.4. The molecular formula is C34H57FN4O. The van der Waals surface area contributed by atoms with E-state index in [2.05, 4.69) is 54.7 Å². The van der Waals surface area contributed by atoms with Crippen molar-refractivity contribution in [3.63, 3.8) is 0 Å². The van der Waals surface area contributed by atoms with Crippen LogP contribution in [0, 0.1) is 19.7 Å². The fraction of sp³-hybridized carbons (Fsp3) is 0.618. The highest BCUT2D eigenvalue weighted by molar-refractivity contribution is 5.48. The molecule has 1 aromatic heterocycles. The molecule has 1 unspecified atom stereocenters. The minimum Gasteiger partial charge on any atom is -0.516 e. The van der Waals surface area contributed by atoms with Crippen LogP contribution in [-0.2, 0) is 13.0 Å². The average molecular weight is 557 g/mol. The van der Waals surface area contributed by atoms with Crippen LogP contribution in [0.15, 0.2) is 43.3 Å². The summed E-state index contributed by atoms with van der Waals surface area (Å²) in [6.07, 6.45) is 11.9. The number of aliphatic hydroxyl groups is 1. The Morgan fingerprint density at radius 2 is 1.75 bits per heavy atom. The predicted octanol–water partition coefficient (Wildman–Crippen LogP) is 8.14. The fourth-order valence-electron chi connectivity index (χ4n) is 5.58. The van der Waals surface area contributed by atoms with E-state index in [-0.39, 0.29) is 5.82 Å². The number of benzene rings is 1. The normalized spacial score (nSPS) is 17.4. The summed E-state index contributed by atoms with van der Waals surface area (Å²) < 4.78 is 12.9. The topological polar surface area (TPSA) is 51.6 Å². The van der Waals surface area contributed by atoms with Gasteiger partial charge in [0.15, 0.2) is 0 Å². The maximum atomic E-state index is 12.9. The van der Waals surface area contributed by atoms with E-state index in [4.69, 9.17) is 10.1 Å². The number of nitrogens with zero attached hydrogens (tertiary/aromatic N) is 3. The summed E-state index contributed by atoms with van der Waals surface area (Å²) in [5, 5.41) is 10.7. The molecule has 1 saturated carbocycles. The molecule has 2 heterocycles. The fourth-order valence-corrected chi connectivity index (χ4v) is 5.58. The third kappa shape index (κ3) is 11.6. The number of piperazine rings is 1. The van der Waals surface area contributed by atoms with Crippen LogP contribution in [0.25, 0.3) is 0 Å². The highest BCUT2D eigenvalue weighted by atomic mass is 19.1. The van der Waals surface area contributed by atoms with Gasteiger partial charge in [0.1, 0.15) is 11.6 Å². The van der Waals surface area contributed by atoms with Crippen molar-refractivity contribution < 1.29 is 9.50 Å². The Balaban J connectivity index is 0.000000443. The lowest BCUT2D eigenvalue weighted by molar-refractivity contribution is 0.0894. The van der Waals surface area contributed by atoms with Crippen LogP contribution in [0.1, 0.15) is 95.4 Å². The molecular weight excluding hydrogens is 499 g/mol. The SMILES string of the molecule is C=CO.CC.CCNCc1cnc(N2CCN(C3CCCCC3)C(CC)C2)c(C)c1.CCc1ccc(C)cc1F. The number of halogens is 1. The number of hydrogen-bond acceptors (Lipinski definition) is 5. The minimum atomic E-state index is -0.0810. The van der Waals surface area contributed by atoms with Crippen molar-refractivity contribution >= 4 is 5.82 Å². The quantitative estimate of drug-likeness (QED) is 0.337. The number of aryl methyl sites for hydroxylation is 3. The van der Waals surface area contributed by atoms with E-state index >= 15 is 0 Å². The van der Waals surface area contributed by atoms with Crippen LogP contribution in [-0.4, -0.2) is 53.3 Å². The van der Waals surface area contributed by atoms with Crippen LogP contribution in [0.4, 0.5) is 10.2 Å². The van der Waals surface area contributed by atoms with Gasteiger partial charge >= 0.3 is 0 Å². The number of rotatable bonds is 7. The molecule has 1 saturated heterocycles. The summed E-state index contributed by atoms with van der Waals surface area (Å²) in [7, 11) is 0. The molecule has 2 N–H and O–H groups in total. The van der Waals surface area contributed by atoms with Gasteiger partial charge in [0.2, 0.25) is 0 Å². The Morgan fingerprint density at radius 1 is 1.07 bits per heavy atom. The molecule has 2 fully saturated rings. The number of anilines is 1. The first-order valence-corrected chi connectivity index (χ1v) is 15.5. The van der Waals surface area contributed by atoms with Crippen molar-refractivity contribution in [2.45, 2.75) is 112 Å². The molecule has 2 aromatic rings. The first-order chi connectivity index (χ1) is 19.4. The van der Waals surface area contributed by atoms with Gasteiger partial charge in [-0.3, -0.25) is 4.90 Å². The van der Waals surface area contributed by atoms with Crippen LogP contribution >= 0.6 is 0 Å². The van der Waals surface area contributed by atoms with Gasteiger partial charge < -0.3 is 15.3 Å². The predicted molar refractivity (Wildman–Crippen MR) is 171 cm³/mol. The second kappa shape index (κ2) is 20.4. The largest absolute Gasteiger partial charge is 0.516 e. The van der Waals surface area contributed by atoms with Gasteiger partial charge in [0.05, 0.1) is 6.26 Å². The summed E-state index contributed by atoms with van der Waals surface area (Å²) in [6, 6.07) is 9.15. The van der Waals surface area contributed by atoms with Crippen molar-refractivity contribution in [1.82, 2.24) is 15.2 Å². The van der Waals surface area contributed by atoms with E-state index in [9.17, 15) is 4.39 Å². The minimum absolute atomic E-state index is 0.0810. The molecule has 1 atom stereocenters. The summed E-state index contributed by atoms with van der Waals surface area (Å²) >= 11 is 0. The maximum absolute atomic E-state index is 12.9. The third-order valence-corrected chi connectivity index (χ3v) is 7.62. The third-order valence-electron chi connectivity index (χ3n) is 7.62. The van der Waals surface area contributed by atoms with E-state index in [0.29, 0.717) is 6.04 Å². The molecule has 0 spiro atoms. The van der Waals surface area contributed by atoms with Crippen LogP contribution in [0.2, 0.25) is 0 Å². The number of hydrogen-bond donors (Lipinski definition) is 2. The molecule has 0 radical (unpaired) electrons. The number of nitrogens with one attached hydrogen (secondary N) is 1. The van der Waals surface area contributed by atoms with E-state index < -0.39 is 0 Å². The van der Waals surface area contributed by atoms with Crippen molar-refractivity contribution in [1.29, 1.82) is 0 Å². The Kier molecular flexibility index (Phi) is 18.2. The summed E-state index contributed by atoms with van der Waals surface area (Å²) in [5.74, 6) is 1.12. The molecule has 1 aliphatic heterocycles. The Labute approximate surface area is 244 Å². The molecule has 0 amide bonds. The second-order valence-corrected chi connectivity index (χ2v) is 10.4. The smallest absolute Gasteiger partial charge is 0.131 e. The lowest BCUT2D eigenvalue weighted by atomic mass is 9.92. The summed E-state index contributed by atoms with van der Waals surface area (Å²) in [6.45, 7) is 22.8. The molecule has 1 aliphatic carbocycles. The van der Waals surface area contributed by atoms with Crippen LogP contribution in [0.5, 0.6) is 0 Å². The van der Waals surface area contributed by atoms with Crippen molar-refractivity contribution in [2.24, 2.45) is 0 Å². The molecule has 40 heavy (non-hydrogen) atoms. The van der Waals surface area contributed by atoms with Crippen molar-refractivity contribution in [3.8, 4) is 0 Å². The van der Waals surface area contributed by atoms with Gasteiger partial charge in [-0.15, -0.1) is 0 Å². The summed E-state index contributed by atoms with van der Waals surface area (Å²) in [5.41, 5.74) is 4.38. The Bertz CT molecular complexity index is 961. The molecule has 0 bridgehead atoms. The number of pyridine rings is 1. The number of aromatic nitrogens is 1. The zero-order valence-electron chi connectivity index (χ0n) is 26.5. The van der Waals surface area contributed by atoms with Gasteiger partial charge in [-0.25, -0.2) is 9.37 Å². The van der Waals surface area contributed by atoms with Gasteiger partial charge in [0.25, 0.3) is 0 Å². The lowest BCUT2D eigenvalue weighted by Crippen LogP contribution is -2.57. The van der Waals surface area contributed by atoms with E-state index in [1.54, 1.807) is 6.07 Å². The van der Waals surface area contributed by atoms with Gasteiger partial charge in [-0.05, 0) is 80.5 Å². The van der Waals surface area contributed by atoms with Gasteiger partial charge in [0, 0.05) is 44.5 Å².